The van der Waals surface area contributed by atoms with Crippen molar-refractivity contribution in [2.45, 2.75) is 20.2 Å². The minimum Gasteiger partial charge on any atom is -0.406 e. The molecule has 11 heteroatoms. The van der Waals surface area contributed by atoms with Crippen LogP contribution in [-0.2, 0) is 0 Å². The maximum absolute atomic E-state index is 12.3. The van der Waals surface area contributed by atoms with Crippen molar-refractivity contribution in [1.82, 2.24) is 24.8 Å². The zero-order valence-electron chi connectivity index (χ0n) is 16.2. The van der Waals surface area contributed by atoms with Crippen LogP contribution in [0.5, 0.6) is 5.75 Å². The lowest BCUT2D eigenvalue weighted by Crippen LogP contribution is -2.29. The molecule has 0 aliphatic carbocycles. The van der Waals surface area contributed by atoms with Crippen molar-refractivity contribution < 1.29 is 22.7 Å². The highest BCUT2D eigenvalue weighted by Crippen LogP contribution is 2.23. The topological polar surface area (TPSA) is 94.0 Å². The van der Waals surface area contributed by atoms with Crippen LogP contribution in [0.4, 0.5) is 19.0 Å². The number of ether oxygens (including phenoxy) is 1. The molecule has 8 nitrogen and oxygen atoms in total. The van der Waals surface area contributed by atoms with Crippen molar-refractivity contribution in [2.75, 3.05) is 18.4 Å². The van der Waals surface area contributed by atoms with E-state index in [4.69, 9.17) is 0 Å². The molecule has 2 heterocycles. The van der Waals surface area contributed by atoms with Gasteiger partial charge in [-0.2, -0.15) is 0 Å². The lowest BCUT2D eigenvalue weighted by Gasteiger charge is -2.11. The van der Waals surface area contributed by atoms with Gasteiger partial charge >= 0.3 is 6.36 Å². The molecular weight excluding hydrogens is 401 g/mol. The number of anilines is 1. The van der Waals surface area contributed by atoms with E-state index in [0.29, 0.717) is 18.2 Å². The van der Waals surface area contributed by atoms with Gasteiger partial charge in [-0.25, -0.2) is 15.0 Å². The second kappa shape index (κ2) is 8.80. The average molecular weight is 420 g/mol. The first-order chi connectivity index (χ1) is 14.2. The monoisotopic (exact) mass is 420 g/mol. The molecule has 0 spiro atoms. The van der Waals surface area contributed by atoms with Crippen LogP contribution in [0.3, 0.4) is 0 Å². The summed E-state index contributed by atoms with van der Waals surface area (Å²) in [5.74, 6) is 0.237. The highest BCUT2D eigenvalue weighted by Gasteiger charge is 2.31. The van der Waals surface area contributed by atoms with Crippen LogP contribution in [0, 0.1) is 13.8 Å². The first-order valence-electron chi connectivity index (χ1n) is 8.94. The van der Waals surface area contributed by atoms with Crippen molar-refractivity contribution in [3.8, 4) is 11.6 Å². The van der Waals surface area contributed by atoms with Crippen molar-refractivity contribution in [1.29, 1.82) is 0 Å². The number of halogens is 3. The minimum atomic E-state index is -4.82. The van der Waals surface area contributed by atoms with E-state index in [1.54, 1.807) is 12.4 Å². The van der Waals surface area contributed by atoms with Gasteiger partial charge in [-0.1, -0.05) is 6.07 Å². The first-order valence-corrected chi connectivity index (χ1v) is 8.94. The Bertz CT molecular complexity index is 1040. The SMILES string of the molecule is Cc1ncn(-c2cc(NCCNC(=O)c3cccc(OC(F)(F)F)c3)ncn2)c1C. The Morgan fingerprint density at radius 1 is 1.13 bits per heavy atom. The number of nitrogens with zero attached hydrogens (tertiary/aromatic N) is 4. The fourth-order valence-corrected chi connectivity index (χ4v) is 2.61. The van der Waals surface area contributed by atoms with Gasteiger partial charge in [-0.05, 0) is 32.0 Å². The molecule has 0 aliphatic heterocycles. The maximum Gasteiger partial charge on any atom is 0.573 e. The molecule has 0 saturated heterocycles. The number of rotatable bonds is 7. The summed E-state index contributed by atoms with van der Waals surface area (Å²) >= 11 is 0. The highest BCUT2D eigenvalue weighted by atomic mass is 19.4. The van der Waals surface area contributed by atoms with Crippen molar-refractivity contribution in [3.05, 3.63) is 59.9 Å². The molecule has 30 heavy (non-hydrogen) atoms. The van der Waals surface area contributed by atoms with E-state index >= 15 is 0 Å². The van der Waals surface area contributed by atoms with Gasteiger partial charge in [-0.3, -0.25) is 9.36 Å². The molecule has 1 amide bonds. The zero-order chi connectivity index (χ0) is 21.7. The number of alkyl halides is 3. The van der Waals surface area contributed by atoms with Crippen LogP contribution in [0.15, 0.2) is 43.0 Å². The van der Waals surface area contributed by atoms with Crippen molar-refractivity contribution >= 4 is 11.7 Å². The normalized spacial score (nSPS) is 11.2. The molecule has 2 aromatic heterocycles. The standard InChI is InChI=1S/C19H19F3N6O2/c1-12-13(2)28(11-27-12)17-9-16(25-10-26-17)23-6-7-24-18(29)14-4-3-5-15(8-14)30-19(20,21)22/h3-5,8-11H,6-7H2,1-2H3,(H,24,29)(H,23,25,26). The number of hydrogen-bond acceptors (Lipinski definition) is 6. The van der Waals surface area contributed by atoms with E-state index in [-0.39, 0.29) is 12.1 Å². The minimum absolute atomic E-state index is 0.0621. The largest absolute Gasteiger partial charge is 0.573 e. The van der Waals surface area contributed by atoms with E-state index in [2.05, 4.69) is 30.3 Å². The Morgan fingerprint density at radius 3 is 2.63 bits per heavy atom. The number of hydrogen-bond donors (Lipinski definition) is 2. The summed E-state index contributed by atoms with van der Waals surface area (Å²) in [6, 6.07) is 6.62. The molecule has 3 rings (SSSR count). The number of nitrogens with one attached hydrogen (secondary N) is 2. The van der Waals surface area contributed by atoms with Crippen LogP contribution in [-0.4, -0.2) is 44.9 Å². The summed E-state index contributed by atoms with van der Waals surface area (Å²) in [5.41, 5.74) is 1.92. The molecule has 158 valence electrons. The highest BCUT2D eigenvalue weighted by molar-refractivity contribution is 5.94. The molecule has 0 bridgehead atoms. The number of carbonyl (C=O) groups excluding carboxylic acids is 1. The van der Waals surface area contributed by atoms with Crippen LogP contribution in [0.25, 0.3) is 5.82 Å². The number of imidazole rings is 1. The zero-order valence-corrected chi connectivity index (χ0v) is 16.2. The second-order valence-electron chi connectivity index (χ2n) is 6.31. The van der Waals surface area contributed by atoms with Gasteiger partial charge in [0.05, 0.1) is 5.69 Å². The van der Waals surface area contributed by atoms with Gasteiger partial charge in [0, 0.05) is 30.4 Å². The number of amides is 1. The molecule has 0 atom stereocenters. The number of carbonyl (C=O) groups is 1. The van der Waals surface area contributed by atoms with E-state index in [1.165, 1.54) is 18.5 Å². The summed E-state index contributed by atoms with van der Waals surface area (Å²) in [4.78, 5) is 24.7. The quantitative estimate of drug-likeness (QED) is 0.571. The summed E-state index contributed by atoms with van der Waals surface area (Å²) in [5, 5.41) is 5.68. The Labute approximate surface area is 170 Å². The first kappa shape index (κ1) is 21.1. The number of aromatic nitrogens is 4. The molecule has 2 N–H and O–H groups in total. The number of aryl methyl sites for hydroxylation is 1. The Kier molecular flexibility index (Phi) is 6.19. The molecule has 0 aliphatic rings. The van der Waals surface area contributed by atoms with Crippen LogP contribution in [0.2, 0.25) is 0 Å². The molecule has 1 aromatic carbocycles. The summed E-state index contributed by atoms with van der Waals surface area (Å²) in [6.45, 7) is 4.41. The molecule has 0 saturated carbocycles. The van der Waals surface area contributed by atoms with E-state index in [9.17, 15) is 18.0 Å². The Hall–Kier alpha value is -3.63. The number of benzene rings is 1. The van der Waals surface area contributed by atoms with Gasteiger partial charge in [-0.15, -0.1) is 13.2 Å². The van der Waals surface area contributed by atoms with Gasteiger partial charge in [0.15, 0.2) is 0 Å². The van der Waals surface area contributed by atoms with Gasteiger partial charge in [0.25, 0.3) is 5.91 Å². The van der Waals surface area contributed by atoms with E-state index in [0.717, 1.165) is 23.5 Å². The Balaban J connectivity index is 1.53. The van der Waals surface area contributed by atoms with Crippen LogP contribution >= 0.6 is 0 Å². The molecule has 0 unspecified atom stereocenters. The van der Waals surface area contributed by atoms with E-state index in [1.807, 2.05) is 18.4 Å². The second-order valence-corrected chi connectivity index (χ2v) is 6.31. The summed E-state index contributed by atoms with van der Waals surface area (Å²) < 4.78 is 42.5. The maximum atomic E-state index is 12.3. The third-order valence-electron chi connectivity index (χ3n) is 4.20. The third kappa shape index (κ3) is 5.46. The molecule has 0 fully saturated rings. The summed E-state index contributed by atoms with van der Waals surface area (Å²) in [7, 11) is 0. The lowest BCUT2D eigenvalue weighted by molar-refractivity contribution is -0.274. The van der Waals surface area contributed by atoms with Crippen molar-refractivity contribution in [2.24, 2.45) is 0 Å². The lowest BCUT2D eigenvalue weighted by atomic mass is 10.2. The molecule has 0 radical (unpaired) electrons. The molecule has 3 aromatic rings. The summed E-state index contributed by atoms with van der Waals surface area (Å²) in [6.07, 6.45) is -1.73. The van der Waals surface area contributed by atoms with Crippen LogP contribution < -0.4 is 15.4 Å². The predicted molar refractivity (Wildman–Crippen MR) is 103 cm³/mol. The van der Waals surface area contributed by atoms with Crippen molar-refractivity contribution in [3.63, 3.8) is 0 Å². The smallest absolute Gasteiger partial charge is 0.406 e. The fourth-order valence-electron chi connectivity index (χ4n) is 2.61. The van der Waals surface area contributed by atoms with Gasteiger partial charge in [0.1, 0.15) is 30.0 Å². The fraction of sp³-hybridized carbons (Fsp3) is 0.263. The van der Waals surface area contributed by atoms with Gasteiger partial charge in [0.2, 0.25) is 0 Å². The van der Waals surface area contributed by atoms with Crippen LogP contribution in [0.1, 0.15) is 21.7 Å². The molecular formula is C19H19F3N6O2. The van der Waals surface area contributed by atoms with E-state index < -0.39 is 18.0 Å². The Morgan fingerprint density at radius 2 is 1.93 bits per heavy atom. The van der Waals surface area contributed by atoms with Gasteiger partial charge < -0.3 is 15.4 Å². The average Bonchev–Trinajstić information content (AvgIpc) is 3.03. The predicted octanol–water partition coefficient (Wildman–Crippen LogP) is 3.02. The third-order valence-corrected chi connectivity index (χ3v) is 4.20.